The number of hydrogen-bond acceptors (Lipinski definition) is 2. The molecule has 0 saturated heterocycles. The van der Waals surface area contributed by atoms with Crippen LogP contribution in [0, 0.1) is 0 Å². The van der Waals surface area contributed by atoms with Crippen molar-refractivity contribution in [1.82, 2.24) is 4.90 Å². The van der Waals surface area contributed by atoms with E-state index in [9.17, 15) is 14.7 Å². The van der Waals surface area contributed by atoms with Crippen molar-refractivity contribution in [2.75, 3.05) is 0 Å². The van der Waals surface area contributed by atoms with Gasteiger partial charge in [-0.15, -0.1) is 0 Å². The van der Waals surface area contributed by atoms with Crippen molar-refractivity contribution in [3.05, 3.63) is 69.2 Å². The zero-order valence-electron chi connectivity index (χ0n) is 12.0. The van der Waals surface area contributed by atoms with Gasteiger partial charge in [-0.1, -0.05) is 53.5 Å². The summed E-state index contributed by atoms with van der Waals surface area (Å²) >= 11 is 12.3. The summed E-state index contributed by atoms with van der Waals surface area (Å²) in [6, 6.07) is 11.6. The van der Waals surface area contributed by atoms with Crippen LogP contribution in [0.5, 0.6) is 0 Å². The first-order valence-corrected chi connectivity index (χ1v) is 7.79. The minimum Gasteiger partial charge on any atom is -0.481 e. The second-order valence-electron chi connectivity index (χ2n) is 5.35. The lowest BCUT2D eigenvalue weighted by molar-refractivity contribution is -0.138. The molecular formula is C17H13Cl2NO3. The summed E-state index contributed by atoms with van der Waals surface area (Å²) in [6.45, 7) is 0.357. The molecular weight excluding hydrogens is 337 g/mol. The number of hydrogen-bond donors (Lipinski definition) is 1. The molecule has 1 aliphatic rings. The maximum absolute atomic E-state index is 12.6. The Balaban J connectivity index is 2.03. The van der Waals surface area contributed by atoms with Crippen molar-refractivity contribution in [3.8, 4) is 0 Å². The average molecular weight is 350 g/mol. The van der Waals surface area contributed by atoms with Crippen LogP contribution in [0.25, 0.3) is 0 Å². The van der Waals surface area contributed by atoms with Gasteiger partial charge in [-0.05, 0) is 23.3 Å². The van der Waals surface area contributed by atoms with E-state index < -0.39 is 12.0 Å². The highest BCUT2D eigenvalue weighted by atomic mass is 35.5. The molecule has 1 amide bonds. The molecule has 1 N–H and O–H groups in total. The van der Waals surface area contributed by atoms with Gasteiger partial charge < -0.3 is 10.0 Å². The van der Waals surface area contributed by atoms with Crippen molar-refractivity contribution >= 4 is 35.1 Å². The van der Waals surface area contributed by atoms with Gasteiger partial charge in [-0.3, -0.25) is 9.59 Å². The van der Waals surface area contributed by atoms with E-state index >= 15 is 0 Å². The van der Waals surface area contributed by atoms with Gasteiger partial charge in [0.1, 0.15) is 0 Å². The molecule has 0 saturated carbocycles. The molecule has 0 bridgehead atoms. The van der Waals surface area contributed by atoms with E-state index in [1.807, 2.05) is 12.1 Å². The SMILES string of the molecule is O=C(O)CC(c1cccc(Cl)c1Cl)N1Cc2ccccc2C1=O. The lowest BCUT2D eigenvalue weighted by atomic mass is 10.0. The number of carboxylic acids is 1. The van der Waals surface area contributed by atoms with Gasteiger partial charge in [-0.25, -0.2) is 0 Å². The molecule has 118 valence electrons. The molecule has 2 aromatic rings. The first-order valence-electron chi connectivity index (χ1n) is 7.03. The Bertz CT molecular complexity index is 791. The zero-order chi connectivity index (χ0) is 16.6. The molecule has 0 fully saturated rings. The van der Waals surface area contributed by atoms with Crippen LogP contribution in [0.4, 0.5) is 0 Å². The third-order valence-corrected chi connectivity index (χ3v) is 4.77. The Morgan fingerprint density at radius 1 is 1.17 bits per heavy atom. The largest absolute Gasteiger partial charge is 0.481 e. The summed E-state index contributed by atoms with van der Waals surface area (Å²) in [6.07, 6.45) is -0.236. The van der Waals surface area contributed by atoms with Crippen LogP contribution in [-0.4, -0.2) is 21.9 Å². The molecule has 6 heteroatoms. The van der Waals surface area contributed by atoms with Crippen molar-refractivity contribution in [2.24, 2.45) is 0 Å². The van der Waals surface area contributed by atoms with Crippen LogP contribution in [0.1, 0.15) is 33.9 Å². The number of carboxylic acid groups (broad SMARTS) is 1. The zero-order valence-corrected chi connectivity index (χ0v) is 13.5. The van der Waals surface area contributed by atoms with Crippen LogP contribution in [0.2, 0.25) is 10.0 Å². The Kier molecular flexibility index (Phi) is 4.28. The molecule has 1 unspecified atom stereocenters. The maximum atomic E-state index is 12.6. The van der Waals surface area contributed by atoms with Crippen LogP contribution in [-0.2, 0) is 11.3 Å². The Labute approximate surface area is 143 Å². The number of halogens is 2. The second-order valence-corrected chi connectivity index (χ2v) is 6.13. The Hall–Kier alpha value is -2.04. The van der Waals surface area contributed by atoms with Crippen molar-refractivity contribution in [1.29, 1.82) is 0 Å². The van der Waals surface area contributed by atoms with E-state index in [1.165, 1.54) is 4.90 Å². The minimum absolute atomic E-state index is 0.192. The molecule has 3 rings (SSSR count). The van der Waals surface area contributed by atoms with Crippen LogP contribution in [0.15, 0.2) is 42.5 Å². The number of aliphatic carboxylic acids is 1. The first kappa shape index (κ1) is 15.8. The van der Waals surface area contributed by atoms with E-state index in [0.29, 0.717) is 22.7 Å². The highest BCUT2D eigenvalue weighted by Crippen LogP contribution is 2.38. The third kappa shape index (κ3) is 2.92. The topological polar surface area (TPSA) is 57.6 Å². The van der Waals surface area contributed by atoms with Crippen LogP contribution in [0.3, 0.4) is 0 Å². The Morgan fingerprint density at radius 3 is 2.61 bits per heavy atom. The number of amides is 1. The van der Waals surface area contributed by atoms with Crippen LogP contribution < -0.4 is 0 Å². The Morgan fingerprint density at radius 2 is 1.91 bits per heavy atom. The van der Waals surface area contributed by atoms with Gasteiger partial charge in [0, 0.05) is 12.1 Å². The highest BCUT2D eigenvalue weighted by Gasteiger charge is 2.35. The molecule has 2 aromatic carbocycles. The summed E-state index contributed by atoms with van der Waals surface area (Å²) in [5, 5.41) is 9.87. The predicted molar refractivity (Wildman–Crippen MR) is 87.8 cm³/mol. The molecule has 0 spiro atoms. The highest BCUT2D eigenvalue weighted by molar-refractivity contribution is 6.42. The summed E-state index contributed by atoms with van der Waals surface area (Å²) in [5.74, 6) is -1.20. The third-order valence-electron chi connectivity index (χ3n) is 3.93. The van der Waals surface area contributed by atoms with E-state index in [1.54, 1.807) is 30.3 Å². The summed E-state index contributed by atoms with van der Waals surface area (Å²) in [4.78, 5) is 25.5. The molecule has 0 aliphatic carbocycles. The molecule has 1 aliphatic heterocycles. The fraction of sp³-hybridized carbons (Fsp3) is 0.176. The van der Waals surface area contributed by atoms with Gasteiger partial charge in [0.25, 0.3) is 5.91 Å². The molecule has 0 radical (unpaired) electrons. The van der Waals surface area contributed by atoms with E-state index in [2.05, 4.69) is 0 Å². The molecule has 23 heavy (non-hydrogen) atoms. The summed E-state index contributed by atoms with van der Waals surface area (Å²) < 4.78 is 0. The van der Waals surface area contributed by atoms with Crippen molar-refractivity contribution in [3.63, 3.8) is 0 Å². The standard InChI is InChI=1S/C17H13Cl2NO3/c18-13-7-3-6-12(16(13)19)14(8-15(21)22)20-9-10-4-1-2-5-11(10)17(20)23/h1-7,14H,8-9H2,(H,21,22). The fourth-order valence-corrected chi connectivity index (χ4v) is 3.29. The average Bonchev–Trinajstić information content (AvgIpc) is 2.85. The maximum Gasteiger partial charge on any atom is 0.305 e. The van der Waals surface area contributed by atoms with E-state index in [-0.39, 0.29) is 17.4 Å². The number of carbonyl (C=O) groups is 2. The lowest BCUT2D eigenvalue weighted by Gasteiger charge is -2.28. The first-order chi connectivity index (χ1) is 11.0. The predicted octanol–water partition coefficient (Wildman–Crippen LogP) is 4.17. The number of carbonyl (C=O) groups excluding carboxylic acids is 1. The number of fused-ring (bicyclic) bond motifs is 1. The fourth-order valence-electron chi connectivity index (χ4n) is 2.86. The quantitative estimate of drug-likeness (QED) is 0.901. The van der Waals surface area contributed by atoms with E-state index in [4.69, 9.17) is 23.2 Å². The van der Waals surface area contributed by atoms with Crippen molar-refractivity contribution < 1.29 is 14.7 Å². The lowest BCUT2D eigenvalue weighted by Crippen LogP contribution is -2.31. The number of benzene rings is 2. The van der Waals surface area contributed by atoms with Gasteiger partial charge >= 0.3 is 5.97 Å². The van der Waals surface area contributed by atoms with Crippen LogP contribution >= 0.6 is 23.2 Å². The summed E-state index contributed by atoms with van der Waals surface area (Å²) in [7, 11) is 0. The molecule has 0 aromatic heterocycles. The van der Waals surface area contributed by atoms with Gasteiger partial charge in [-0.2, -0.15) is 0 Å². The van der Waals surface area contributed by atoms with Crippen molar-refractivity contribution in [2.45, 2.75) is 19.0 Å². The normalized spacial score (nSPS) is 14.7. The van der Waals surface area contributed by atoms with Gasteiger partial charge in [0.2, 0.25) is 0 Å². The number of nitrogens with zero attached hydrogens (tertiary/aromatic N) is 1. The molecule has 1 heterocycles. The molecule has 1 atom stereocenters. The minimum atomic E-state index is -1.00. The summed E-state index contributed by atoms with van der Waals surface area (Å²) in [5.41, 5.74) is 2.02. The second kappa shape index (κ2) is 6.22. The number of rotatable bonds is 4. The van der Waals surface area contributed by atoms with Gasteiger partial charge in [0.05, 0.1) is 22.5 Å². The monoisotopic (exact) mass is 349 g/mol. The van der Waals surface area contributed by atoms with Gasteiger partial charge in [0.15, 0.2) is 0 Å². The smallest absolute Gasteiger partial charge is 0.305 e. The van der Waals surface area contributed by atoms with E-state index in [0.717, 1.165) is 5.56 Å². The molecule has 4 nitrogen and oxygen atoms in total.